The lowest BCUT2D eigenvalue weighted by atomic mass is 10.1. The summed E-state index contributed by atoms with van der Waals surface area (Å²) in [7, 11) is 0. The number of halogens is 2. The molecule has 0 saturated carbocycles. The molecule has 2 heterocycles. The fourth-order valence-corrected chi connectivity index (χ4v) is 4.92. The molecule has 3 N–H and O–H groups in total. The number of thiophene rings is 1. The maximum absolute atomic E-state index is 5.87. The van der Waals surface area contributed by atoms with Gasteiger partial charge in [0.05, 0.1) is 7.57 Å². The highest BCUT2D eigenvalue weighted by Gasteiger charge is 2.21. The van der Waals surface area contributed by atoms with E-state index in [0.717, 1.165) is 29.9 Å². The average molecular weight is 402 g/mol. The van der Waals surface area contributed by atoms with Crippen LogP contribution in [0.15, 0.2) is 48.4 Å². The number of benzene rings is 1. The van der Waals surface area contributed by atoms with E-state index in [1.165, 1.54) is 0 Å². The number of nitrogens with one attached hydrogen (secondary N) is 1. The fourth-order valence-electron chi connectivity index (χ4n) is 2.02. The van der Waals surface area contributed by atoms with Crippen LogP contribution in [0.25, 0.3) is 11.0 Å². The fraction of sp³-hybridized carbons (Fsp3) is 0.0769. The van der Waals surface area contributed by atoms with Crippen LogP contribution in [0.3, 0.4) is 0 Å². The summed E-state index contributed by atoms with van der Waals surface area (Å²) in [6.45, 7) is 0. The topological polar surface area (TPSA) is 51.2 Å². The number of nitrogens with two attached hydrogens (primary N) is 1. The number of hydrazine groups is 1. The average Bonchev–Trinajstić information content (AvgIpc) is 2.94. The van der Waals surface area contributed by atoms with Crippen LogP contribution >= 0.6 is 43.2 Å². The molecule has 0 amide bonds. The van der Waals surface area contributed by atoms with E-state index < -0.39 is 0 Å². The van der Waals surface area contributed by atoms with Crippen LogP contribution in [0.2, 0.25) is 0 Å². The van der Waals surface area contributed by atoms with Gasteiger partial charge in [-0.1, -0.05) is 18.2 Å². The molecule has 0 spiro atoms. The second kappa shape index (κ2) is 5.38. The molecule has 0 saturated heterocycles. The van der Waals surface area contributed by atoms with Crippen LogP contribution in [0, 0.1) is 0 Å². The summed E-state index contributed by atoms with van der Waals surface area (Å²) in [5.41, 5.74) is 4.73. The summed E-state index contributed by atoms with van der Waals surface area (Å²) in [5, 5.41) is 1.07. The van der Waals surface area contributed by atoms with Gasteiger partial charge in [-0.05, 0) is 50.1 Å². The standard InChI is InChI=1S/C13H10Br2N2OS/c14-11-6-8(13(15)19-11)12(17-16)10-5-7-3-1-2-4-9(7)18-10/h1-6,12,17H,16H2. The molecule has 1 atom stereocenters. The van der Waals surface area contributed by atoms with Gasteiger partial charge in [-0.3, -0.25) is 5.84 Å². The van der Waals surface area contributed by atoms with E-state index in [9.17, 15) is 0 Å². The van der Waals surface area contributed by atoms with Crippen molar-refractivity contribution in [2.24, 2.45) is 5.84 Å². The van der Waals surface area contributed by atoms with Crippen molar-refractivity contribution in [3.05, 3.63) is 55.3 Å². The molecule has 1 unspecified atom stereocenters. The molecule has 1 aromatic carbocycles. The zero-order valence-corrected chi connectivity index (χ0v) is 13.7. The number of fused-ring (bicyclic) bond motifs is 1. The lowest BCUT2D eigenvalue weighted by Gasteiger charge is -2.12. The maximum atomic E-state index is 5.87. The van der Waals surface area contributed by atoms with Crippen LogP contribution in [-0.2, 0) is 0 Å². The molecule has 0 radical (unpaired) electrons. The van der Waals surface area contributed by atoms with Gasteiger partial charge in [0.15, 0.2) is 0 Å². The Hall–Kier alpha value is -0.660. The Balaban J connectivity index is 2.09. The number of para-hydroxylation sites is 1. The first-order valence-electron chi connectivity index (χ1n) is 5.58. The van der Waals surface area contributed by atoms with Gasteiger partial charge in [0, 0.05) is 10.9 Å². The molecule has 3 aromatic rings. The highest BCUT2D eigenvalue weighted by Crippen LogP contribution is 2.38. The SMILES string of the molecule is NNC(c1cc2ccccc2o1)c1cc(Br)sc1Br. The van der Waals surface area contributed by atoms with E-state index in [1.54, 1.807) is 11.3 Å². The van der Waals surface area contributed by atoms with Gasteiger partial charge in [0.25, 0.3) is 0 Å². The Morgan fingerprint density at radius 1 is 1.21 bits per heavy atom. The minimum Gasteiger partial charge on any atom is -0.459 e. The molecule has 0 fully saturated rings. The molecule has 3 rings (SSSR count). The zero-order chi connectivity index (χ0) is 13.4. The van der Waals surface area contributed by atoms with Crippen LogP contribution in [0.1, 0.15) is 17.4 Å². The Labute approximate surface area is 131 Å². The van der Waals surface area contributed by atoms with E-state index >= 15 is 0 Å². The Morgan fingerprint density at radius 2 is 2.00 bits per heavy atom. The first-order valence-corrected chi connectivity index (χ1v) is 7.98. The largest absolute Gasteiger partial charge is 0.459 e. The van der Waals surface area contributed by atoms with Crippen molar-refractivity contribution >= 4 is 54.2 Å². The third-order valence-corrected chi connectivity index (χ3v) is 5.28. The van der Waals surface area contributed by atoms with Crippen molar-refractivity contribution in [1.29, 1.82) is 0 Å². The predicted molar refractivity (Wildman–Crippen MR) is 85.1 cm³/mol. The normalized spacial score (nSPS) is 13.0. The first kappa shape index (κ1) is 13.3. The smallest absolute Gasteiger partial charge is 0.134 e. The summed E-state index contributed by atoms with van der Waals surface area (Å²) in [5.74, 6) is 6.50. The molecule has 2 aromatic heterocycles. The van der Waals surface area contributed by atoms with Crippen LogP contribution in [-0.4, -0.2) is 0 Å². The van der Waals surface area contributed by atoms with Crippen LogP contribution in [0.4, 0.5) is 0 Å². The van der Waals surface area contributed by atoms with Crippen LogP contribution < -0.4 is 11.3 Å². The lowest BCUT2D eigenvalue weighted by Crippen LogP contribution is -2.28. The summed E-state index contributed by atoms with van der Waals surface area (Å²) in [4.78, 5) is 0. The van der Waals surface area contributed by atoms with Gasteiger partial charge in [0.2, 0.25) is 0 Å². The predicted octanol–water partition coefficient (Wildman–Crippen LogP) is 4.57. The molecule has 19 heavy (non-hydrogen) atoms. The summed E-state index contributed by atoms with van der Waals surface area (Å²) in [6, 6.07) is 11.8. The Morgan fingerprint density at radius 3 is 2.63 bits per heavy atom. The molecule has 0 aliphatic rings. The van der Waals surface area contributed by atoms with Crippen molar-refractivity contribution in [2.75, 3.05) is 0 Å². The van der Waals surface area contributed by atoms with Crippen LogP contribution in [0.5, 0.6) is 0 Å². The third kappa shape index (κ3) is 2.51. The summed E-state index contributed by atoms with van der Waals surface area (Å²) >= 11 is 8.64. The van der Waals surface area contributed by atoms with Crippen molar-refractivity contribution in [3.63, 3.8) is 0 Å². The van der Waals surface area contributed by atoms with E-state index in [4.69, 9.17) is 10.3 Å². The van der Waals surface area contributed by atoms with E-state index in [-0.39, 0.29) is 6.04 Å². The summed E-state index contributed by atoms with van der Waals surface area (Å²) in [6.07, 6.45) is 0. The minimum absolute atomic E-state index is 0.177. The maximum Gasteiger partial charge on any atom is 0.134 e. The highest BCUT2D eigenvalue weighted by atomic mass is 79.9. The van der Waals surface area contributed by atoms with E-state index in [1.807, 2.05) is 36.4 Å². The quantitative estimate of drug-likeness (QED) is 0.499. The molecule has 0 aliphatic heterocycles. The van der Waals surface area contributed by atoms with Gasteiger partial charge in [-0.15, -0.1) is 11.3 Å². The van der Waals surface area contributed by atoms with Gasteiger partial charge in [0.1, 0.15) is 17.4 Å². The van der Waals surface area contributed by atoms with Crippen molar-refractivity contribution < 1.29 is 4.42 Å². The molecule has 0 bridgehead atoms. The second-order valence-electron chi connectivity index (χ2n) is 4.07. The van der Waals surface area contributed by atoms with Gasteiger partial charge in [-0.2, -0.15) is 0 Å². The summed E-state index contributed by atoms with van der Waals surface area (Å²) < 4.78 is 7.94. The number of furan rings is 1. The zero-order valence-electron chi connectivity index (χ0n) is 9.69. The highest BCUT2D eigenvalue weighted by molar-refractivity contribution is 9.12. The molecule has 0 aliphatic carbocycles. The van der Waals surface area contributed by atoms with E-state index in [2.05, 4.69) is 37.3 Å². The molecule has 3 nitrogen and oxygen atoms in total. The van der Waals surface area contributed by atoms with Crippen molar-refractivity contribution in [2.45, 2.75) is 6.04 Å². The second-order valence-corrected chi connectivity index (χ2v) is 7.82. The Bertz CT molecular complexity index is 689. The monoisotopic (exact) mass is 400 g/mol. The molecule has 98 valence electrons. The first-order chi connectivity index (χ1) is 9.19. The number of hydrogen-bond acceptors (Lipinski definition) is 4. The lowest BCUT2D eigenvalue weighted by molar-refractivity contribution is 0.477. The van der Waals surface area contributed by atoms with E-state index in [0.29, 0.717) is 0 Å². The molecule has 6 heteroatoms. The van der Waals surface area contributed by atoms with Crippen molar-refractivity contribution in [1.82, 2.24) is 5.43 Å². The van der Waals surface area contributed by atoms with Gasteiger partial charge < -0.3 is 4.42 Å². The molecular weight excluding hydrogens is 392 g/mol. The molecular formula is C13H10Br2N2OS. The third-order valence-electron chi connectivity index (χ3n) is 2.89. The minimum atomic E-state index is -0.177. The number of hydrogen-bond donors (Lipinski definition) is 2. The van der Waals surface area contributed by atoms with Gasteiger partial charge >= 0.3 is 0 Å². The number of rotatable bonds is 3. The van der Waals surface area contributed by atoms with Crippen molar-refractivity contribution in [3.8, 4) is 0 Å². The van der Waals surface area contributed by atoms with Gasteiger partial charge in [-0.25, -0.2) is 5.43 Å². The Kier molecular flexibility index (Phi) is 3.77.